The number of anilines is 1. The van der Waals surface area contributed by atoms with Crippen LogP contribution in [-0.4, -0.2) is 55.7 Å². The van der Waals surface area contributed by atoms with Crippen LogP contribution in [-0.2, 0) is 13.0 Å². The number of aliphatic imine (C=N–C) groups is 1. The lowest BCUT2D eigenvalue weighted by Crippen LogP contribution is -2.26. The molecule has 0 fully saturated rings. The Bertz CT molecular complexity index is 2100. The molecule has 0 bridgehead atoms. The van der Waals surface area contributed by atoms with Crippen LogP contribution in [0.4, 0.5) is 5.69 Å². The summed E-state index contributed by atoms with van der Waals surface area (Å²) in [6.07, 6.45) is 4.36. The summed E-state index contributed by atoms with van der Waals surface area (Å²) < 4.78 is 7.84. The standard InChI is InChI=1S/C19H17NO7.C11H10BrN5/c1-3-5-9-16-10(13(21)7-12(18(23)24)20(16)4-2)6-11-14(22)8-15(19(25)26)27-17(9)11;12-9-7(17-11-15-5-6-16-11)1-2-8-10(9)14-4-3-13-8/h6-8H,3-5H2,1-2H3,(H,23,24)(H,25,26);1-4H,5-6H2,(H2,15,16,17). The van der Waals surface area contributed by atoms with E-state index in [4.69, 9.17) is 4.42 Å². The molecular formula is C30H27BrN6O7. The highest BCUT2D eigenvalue weighted by Crippen LogP contribution is 2.30. The Morgan fingerprint density at radius 3 is 2.45 bits per heavy atom. The summed E-state index contributed by atoms with van der Waals surface area (Å²) in [5, 5.41) is 25.3. The molecular weight excluding hydrogens is 636 g/mol. The lowest BCUT2D eigenvalue weighted by atomic mass is 10.00. The molecule has 0 radical (unpaired) electrons. The van der Waals surface area contributed by atoms with E-state index in [0.29, 0.717) is 23.9 Å². The van der Waals surface area contributed by atoms with Crippen molar-refractivity contribution in [1.29, 1.82) is 0 Å². The highest BCUT2D eigenvalue weighted by molar-refractivity contribution is 9.10. The van der Waals surface area contributed by atoms with Gasteiger partial charge in [-0.15, -0.1) is 0 Å². The molecule has 0 aliphatic carbocycles. The number of benzene rings is 2. The van der Waals surface area contributed by atoms with Crippen molar-refractivity contribution in [3.8, 4) is 0 Å². The highest BCUT2D eigenvalue weighted by atomic mass is 79.9. The van der Waals surface area contributed by atoms with Gasteiger partial charge in [-0.25, -0.2) is 9.59 Å². The Hall–Kier alpha value is -5.11. The molecule has 2 aromatic carbocycles. The molecule has 5 aromatic rings. The third kappa shape index (κ3) is 5.75. The highest BCUT2D eigenvalue weighted by Gasteiger charge is 2.22. The Morgan fingerprint density at radius 1 is 1.05 bits per heavy atom. The number of fused-ring (bicyclic) bond motifs is 3. The topological polar surface area (TPSA) is 189 Å². The second-order valence-corrected chi connectivity index (χ2v) is 10.5. The lowest BCUT2D eigenvalue weighted by Gasteiger charge is -2.17. The minimum absolute atomic E-state index is 0.0680. The lowest BCUT2D eigenvalue weighted by molar-refractivity contribution is 0.0659. The molecule has 0 unspecified atom stereocenters. The molecule has 4 heterocycles. The Morgan fingerprint density at radius 2 is 1.80 bits per heavy atom. The molecule has 13 nitrogen and oxygen atoms in total. The van der Waals surface area contributed by atoms with Crippen molar-refractivity contribution in [1.82, 2.24) is 19.9 Å². The van der Waals surface area contributed by atoms with Crippen molar-refractivity contribution in [3.63, 3.8) is 0 Å². The van der Waals surface area contributed by atoms with Gasteiger partial charge in [-0.2, -0.15) is 0 Å². The number of carboxylic acids is 2. The number of hydrogen-bond donors (Lipinski definition) is 4. The predicted octanol–water partition coefficient (Wildman–Crippen LogP) is 4.24. The van der Waals surface area contributed by atoms with E-state index in [0.717, 1.165) is 52.4 Å². The van der Waals surface area contributed by atoms with Crippen molar-refractivity contribution in [2.75, 3.05) is 18.4 Å². The van der Waals surface area contributed by atoms with Crippen molar-refractivity contribution >= 4 is 72.4 Å². The zero-order valence-corrected chi connectivity index (χ0v) is 25.3. The first-order chi connectivity index (χ1) is 21.1. The molecule has 0 amide bonds. The number of aryl methyl sites for hydroxylation is 2. The van der Waals surface area contributed by atoms with Crippen LogP contribution in [0.5, 0.6) is 0 Å². The molecule has 0 saturated heterocycles. The summed E-state index contributed by atoms with van der Waals surface area (Å²) in [4.78, 5) is 60.7. The SMILES string of the molecule is Brc1c(NC2=NCCN2)ccc2nccnc12.CCCc1c2oc(C(=O)O)cc(=O)c2cc2c(=O)cc(C(=O)O)n(CC)c12. The fourth-order valence-electron chi connectivity index (χ4n) is 5.04. The number of carboxylic acid groups (broad SMARTS) is 2. The number of nitrogens with one attached hydrogen (secondary N) is 2. The molecule has 1 aliphatic rings. The van der Waals surface area contributed by atoms with Crippen molar-refractivity contribution in [3.05, 3.63) is 84.7 Å². The number of pyridine rings is 1. The first-order valence-electron chi connectivity index (χ1n) is 13.7. The van der Waals surface area contributed by atoms with Crippen LogP contribution in [0, 0.1) is 0 Å². The maximum Gasteiger partial charge on any atom is 0.371 e. The summed E-state index contributed by atoms with van der Waals surface area (Å²) in [5.74, 6) is -2.35. The smallest absolute Gasteiger partial charge is 0.371 e. The van der Waals surface area contributed by atoms with E-state index >= 15 is 0 Å². The molecule has 0 saturated carbocycles. The van der Waals surface area contributed by atoms with E-state index in [1.807, 2.05) is 19.1 Å². The van der Waals surface area contributed by atoms with Crippen LogP contribution in [0.15, 0.2) is 66.2 Å². The van der Waals surface area contributed by atoms with Gasteiger partial charge >= 0.3 is 11.9 Å². The fraction of sp³-hybridized carbons (Fsp3) is 0.233. The summed E-state index contributed by atoms with van der Waals surface area (Å²) in [6, 6.07) is 7.15. The third-order valence-corrected chi connectivity index (χ3v) is 7.74. The Kier molecular flexibility index (Phi) is 8.71. The Balaban J connectivity index is 0.000000193. The minimum atomic E-state index is -1.39. The van der Waals surface area contributed by atoms with Crippen LogP contribution < -0.4 is 21.5 Å². The van der Waals surface area contributed by atoms with Crippen LogP contribution in [0.25, 0.3) is 32.9 Å². The molecule has 1 aliphatic heterocycles. The number of hydrogen-bond acceptors (Lipinski definition) is 10. The average Bonchev–Trinajstić information content (AvgIpc) is 3.52. The number of guanidine groups is 1. The minimum Gasteiger partial charge on any atom is -0.477 e. The largest absolute Gasteiger partial charge is 0.477 e. The van der Waals surface area contributed by atoms with Crippen LogP contribution in [0.1, 0.15) is 46.9 Å². The van der Waals surface area contributed by atoms with Gasteiger partial charge in [0.2, 0.25) is 5.76 Å². The molecule has 0 spiro atoms. The zero-order valence-electron chi connectivity index (χ0n) is 23.7. The predicted molar refractivity (Wildman–Crippen MR) is 169 cm³/mol. The maximum atomic E-state index is 12.6. The van der Waals surface area contributed by atoms with Gasteiger partial charge in [0.25, 0.3) is 0 Å². The number of halogens is 1. The quantitative estimate of drug-likeness (QED) is 0.190. The van der Waals surface area contributed by atoms with E-state index in [9.17, 15) is 29.4 Å². The first kappa shape index (κ1) is 30.4. The fourth-order valence-corrected chi connectivity index (χ4v) is 5.58. The normalized spacial score (nSPS) is 12.5. The van der Waals surface area contributed by atoms with Gasteiger partial charge in [-0.05, 0) is 47.5 Å². The third-order valence-electron chi connectivity index (χ3n) is 6.93. The number of carbonyl (C=O) groups is 2. The summed E-state index contributed by atoms with van der Waals surface area (Å²) in [7, 11) is 0. The zero-order chi connectivity index (χ0) is 31.5. The van der Waals surface area contributed by atoms with Crippen LogP contribution >= 0.6 is 15.9 Å². The maximum absolute atomic E-state index is 12.6. The monoisotopic (exact) mass is 662 g/mol. The van der Waals surface area contributed by atoms with Gasteiger partial charge in [0, 0.05) is 48.6 Å². The molecule has 14 heteroatoms. The average molecular weight is 663 g/mol. The summed E-state index contributed by atoms with van der Waals surface area (Å²) in [5.41, 5.74) is 2.25. The van der Waals surface area contributed by atoms with Gasteiger partial charge in [0.05, 0.1) is 33.1 Å². The number of aromatic carboxylic acids is 2. The van der Waals surface area contributed by atoms with E-state index < -0.39 is 28.6 Å². The van der Waals surface area contributed by atoms with E-state index in [2.05, 4.69) is 41.5 Å². The molecule has 0 atom stereocenters. The first-order valence-corrected chi connectivity index (χ1v) is 14.5. The molecule has 6 rings (SSSR count). The molecule has 226 valence electrons. The second-order valence-electron chi connectivity index (χ2n) is 9.73. The van der Waals surface area contributed by atoms with Crippen LogP contribution in [0.3, 0.4) is 0 Å². The van der Waals surface area contributed by atoms with Gasteiger partial charge in [-0.1, -0.05) is 13.3 Å². The van der Waals surface area contributed by atoms with Crippen LogP contribution in [0.2, 0.25) is 0 Å². The molecule has 3 aromatic heterocycles. The molecule has 4 N–H and O–H groups in total. The van der Waals surface area contributed by atoms with Crippen molar-refractivity contribution in [2.24, 2.45) is 4.99 Å². The van der Waals surface area contributed by atoms with E-state index in [1.165, 1.54) is 10.6 Å². The second kappa shape index (κ2) is 12.6. The van der Waals surface area contributed by atoms with Gasteiger partial charge in [0.1, 0.15) is 16.8 Å². The molecule has 44 heavy (non-hydrogen) atoms. The van der Waals surface area contributed by atoms with E-state index in [1.54, 1.807) is 19.3 Å². The number of nitrogens with zero attached hydrogens (tertiary/aromatic N) is 4. The van der Waals surface area contributed by atoms with Crippen molar-refractivity contribution in [2.45, 2.75) is 33.2 Å². The van der Waals surface area contributed by atoms with Gasteiger partial charge in [-0.3, -0.25) is 24.5 Å². The summed E-state index contributed by atoms with van der Waals surface area (Å²) in [6.45, 7) is 5.57. The summed E-state index contributed by atoms with van der Waals surface area (Å²) >= 11 is 3.54. The van der Waals surface area contributed by atoms with Crippen molar-refractivity contribution < 1.29 is 24.2 Å². The van der Waals surface area contributed by atoms with E-state index in [-0.39, 0.29) is 28.6 Å². The Labute approximate surface area is 257 Å². The number of rotatable bonds is 6. The van der Waals surface area contributed by atoms with Gasteiger partial charge in [0.15, 0.2) is 16.8 Å². The van der Waals surface area contributed by atoms with Gasteiger partial charge < -0.3 is 29.8 Å². The number of aromatic nitrogens is 3.